The maximum atomic E-state index is 13.0. The van der Waals surface area contributed by atoms with Crippen LogP contribution in [0, 0.1) is 6.92 Å². The molecule has 0 atom stereocenters. The molecule has 1 aliphatic carbocycles. The monoisotopic (exact) mass is 365 g/mol. The van der Waals surface area contributed by atoms with Gasteiger partial charge in [-0.15, -0.1) is 0 Å². The fraction of sp³-hybridized carbons (Fsp3) is 0.455. The van der Waals surface area contributed by atoms with Crippen molar-refractivity contribution < 1.29 is 9.59 Å². The summed E-state index contributed by atoms with van der Waals surface area (Å²) in [5.74, 6) is 0.215. The third-order valence-electron chi connectivity index (χ3n) is 5.87. The van der Waals surface area contributed by atoms with Crippen molar-refractivity contribution in [2.24, 2.45) is 0 Å². The summed E-state index contributed by atoms with van der Waals surface area (Å²) >= 11 is 0. The van der Waals surface area contributed by atoms with Crippen LogP contribution in [0.1, 0.15) is 50.5 Å². The number of H-pyrrole nitrogens is 1. The van der Waals surface area contributed by atoms with Crippen molar-refractivity contribution in [1.82, 2.24) is 14.8 Å². The Labute approximate surface area is 160 Å². The first kappa shape index (κ1) is 18.0. The van der Waals surface area contributed by atoms with E-state index in [1.807, 2.05) is 17.9 Å². The van der Waals surface area contributed by atoms with Crippen LogP contribution in [0.4, 0.5) is 0 Å². The molecule has 0 unspecified atom stereocenters. The zero-order valence-corrected chi connectivity index (χ0v) is 16.0. The van der Waals surface area contributed by atoms with Crippen molar-refractivity contribution in [2.75, 3.05) is 32.7 Å². The van der Waals surface area contributed by atoms with Crippen LogP contribution in [0.3, 0.4) is 0 Å². The van der Waals surface area contributed by atoms with Crippen LogP contribution in [0.15, 0.2) is 30.3 Å². The molecular formula is C22H27N3O2. The molecule has 2 heterocycles. The van der Waals surface area contributed by atoms with Crippen molar-refractivity contribution in [3.05, 3.63) is 58.4 Å². The molecule has 0 bridgehead atoms. The molecule has 1 N–H and O–H groups in total. The Kier molecular flexibility index (Phi) is 5.12. The van der Waals surface area contributed by atoms with Crippen LogP contribution in [0.2, 0.25) is 0 Å². The van der Waals surface area contributed by atoms with E-state index in [1.165, 1.54) is 5.56 Å². The maximum absolute atomic E-state index is 13.0. The fourth-order valence-electron chi connectivity index (χ4n) is 4.25. The molecule has 5 heteroatoms. The van der Waals surface area contributed by atoms with Gasteiger partial charge in [-0.25, -0.2) is 0 Å². The summed E-state index contributed by atoms with van der Waals surface area (Å²) in [6.07, 6.45) is 3.38. The topological polar surface area (TPSA) is 56.4 Å². The largest absolute Gasteiger partial charge is 0.354 e. The summed E-state index contributed by atoms with van der Waals surface area (Å²) < 4.78 is 0. The SMILES string of the molecule is Cc1c(C(=O)N2CCN(CCc3ccccc3)CC2)[nH]c2c1C(=O)CCC2. The molecule has 1 saturated heterocycles. The first-order valence-electron chi connectivity index (χ1n) is 9.93. The van der Waals surface area contributed by atoms with E-state index in [2.05, 4.69) is 34.1 Å². The predicted octanol–water partition coefficient (Wildman–Crippen LogP) is 2.84. The number of nitrogens with zero attached hydrogens (tertiary/aromatic N) is 2. The standard InChI is InChI=1S/C22H27N3O2/c1-16-20-18(8-5-9-19(20)26)23-21(16)22(27)25-14-12-24(13-15-25)11-10-17-6-3-2-4-7-17/h2-4,6-7,23H,5,8-15H2,1H3. The number of benzene rings is 1. The molecular weight excluding hydrogens is 338 g/mol. The second kappa shape index (κ2) is 7.69. The zero-order chi connectivity index (χ0) is 18.8. The number of piperazine rings is 1. The smallest absolute Gasteiger partial charge is 0.270 e. The second-order valence-electron chi connectivity index (χ2n) is 7.62. The number of ketones is 1. The number of aromatic nitrogens is 1. The number of aromatic amines is 1. The van der Waals surface area contributed by atoms with Crippen LogP contribution < -0.4 is 0 Å². The van der Waals surface area contributed by atoms with Crippen LogP contribution in [0.5, 0.6) is 0 Å². The van der Waals surface area contributed by atoms with Crippen molar-refractivity contribution >= 4 is 11.7 Å². The van der Waals surface area contributed by atoms with Gasteiger partial charge in [-0.05, 0) is 37.3 Å². The summed E-state index contributed by atoms with van der Waals surface area (Å²) in [6.45, 7) is 6.21. The van der Waals surface area contributed by atoms with Gasteiger partial charge >= 0.3 is 0 Å². The van der Waals surface area contributed by atoms with Crippen molar-refractivity contribution in [1.29, 1.82) is 0 Å². The van der Waals surface area contributed by atoms with E-state index < -0.39 is 0 Å². The second-order valence-corrected chi connectivity index (χ2v) is 7.62. The van der Waals surface area contributed by atoms with Gasteiger partial charge < -0.3 is 9.88 Å². The number of nitrogens with one attached hydrogen (secondary N) is 1. The Hall–Kier alpha value is -2.40. The molecule has 2 aromatic rings. The molecule has 27 heavy (non-hydrogen) atoms. The highest BCUT2D eigenvalue weighted by molar-refractivity contribution is 6.04. The van der Waals surface area contributed by atoms with Crippen LogP contribution in [-0.4, -0.2) is 59.2 Å². The highest BCUT2D eigenvalue weighted by Gasteiger charge is 2.29. The lowest BCUT2D eigenvalue weighted by atomic mass is 9.93. The first-order chi connectivity index (χ1) is 13.1. The minimum atomic E-state index is 0.0393. The number of hydrogen-bond donors (Lipinski definition) is 1. The van der Waals surface area contributed by atoms with Gasteiger partial charge in [0, 0.05) is 50.4 Å². The molecule has 1 aliphatic heterocycles. The Morgan fingerprint density at radius 2 is 1.81 bits per heavy atom. The highest BCUT2D eigenvalue weighted by atomic mass is 16.2. The number of carbonyl (C=O) groups excluding carboxylic acids is 2. The third-order valence-corrected chi connectivity index (χ3v) is 5.87. The molecule has 4 rings (SSSR count). The molecule has 1 aromatic heterocycles. The number of aryl methyl sites for hydroxylation is 1. The van der Waals surface area contributed by atoms with Gasteiger partial charge in [-0.3, -0.25) is 14.5 Å². The summed E-state index contributed by atoms with van der Waals surface area (Å²) in [5, 5.41) is 0. The van der Waals surface area contributed by atoms with Gasteiger partial charge in [-0.2, -0.15) is 0 Å². The quantitative estimate of drug-likeness (QED) is 0.906. The van der Waals surface area contributed by atoms with E-state index in [4.69, 9.17) is 0 Å². The average molecular weight is 365 g/mol. The molecule has 5 nitrogen and oxygen atoms in total. The van der Waals surface area contributed by atoms with E-state index in [-0.39, 0.29) is 11.7 Å². The molecule has 1 fully saturated rings. The van der Waals surface area contributed by atoms with Gasteiger partial charge in [0.15, 0.2) is 5.78 Å². The number of hydrogen-bond acceptors (Lipinski definition) is 3. The lowest BCUT2D eigenvalue weighted by molar-refractivity contribution is 0.0632. The Morgan fingerprint density at radius 3 is 2.52 bits per heavy atom. The maximum Gasteiger partial charge on any atom is 0.270 e. The van der Waals surface area contributed by atoms with E-state index in [0.717, 1.165) is 68.8 Å². The van der Waals surface area contributed by atoms with E-state index in [1.54, 1.807) is 0 Å². The molecule has 1 aromatic carbocycles. The normalized spacial score (nSPS) is 17.8. The number of carbonyl (C=O) groups is 2. The predicted molar refractivity (Wildman–Crippen MR) is 105 cm³/mol. The van der Waals surface area contributed by atoms with Gasteiger partial charge in [0.25, 0.3) is 5.91 Å². The lowest BCUT2D eigenvalue weighted by Gasteiger charge is -2.34. The zero-order valence-electron chi connectivity index (χ0n) is 16.0. The Morgan fingerprint density at radius 1 is 1.07 bits per heavy atom. The minimum Gasteiger partial charge on any atom is -0.354 e. The van der Waals surface area contributed by atoms with E-state index in [9.17, 15) is 9.59 Å². The number of fused-ring (bicyclic) bond motifs is 1. The lowest BCUT2D eigenvalue weighted by Crippen LogP contribution is -2.49. The van der Waals surface area contributed by atoms with Crippen molar-refractivity contribution in [3.63, 3.8) is 0 Å². The van der Waals surface area contributed by atoms with E-state index in [0.29, 0.717) is 12.1 Å². The van der Waals surface area contributed by atoms with Gasteiger partial charge in [0.1, 0.15) is 5.69 Å². The number of Topliss-reactive ketones (excluding diaryl/α,β-unsaturated/α-hetero) is 1. The van der Waals surface area contributed by atoms with Gasteiger partial charge in [-0.1, -0.05) is 30.3 Å². The van der Waals surface area contributed by atoms with Crippen LogP contribution >= 0.6 is 0 Å². The highest BCUT2D eigenvalue weighted by Crippen LogP contribution is 2.27. The van der Waals surface area contributed by atoms with Gasteiger partial charge in [0.05, 0.1) is 0 Å². The van der Waals surface area contributed by atoms with Crippen molar-refractivity contribution in [3.8, 4) is 0 Å². The molecule has 142 valence electrons. The summed E-state index contributed by atoms with van der Waals surface area (Å²) in [6, 6.07) is 10.5. The summed E-state index contributed by atoms with van der Waals surface area (Å²) in [7, 11) is 0. The summed E-state index contributed by atoms with van der Waals surface area (Å²) in [5.41, 5.74) is 4.53. The van der Waals surface area contributed by atoms with Crippen LogP contribution in [-0.2, 0) is 12.8 Å². The molecule has 0 spiro atoms. The fourth-order valence-corrected chi connectivity index (χ4v) is 4.25. The Bertz CT molecular complexity index is 833. The average Bonchev–Trinajstić information content (AvgIpc) is 3.05. The molecule has 2 aliphatic rings. The molecule has 1 amide bonds. The molecule has 0 saturated carbocycles. The molecule has 0 radical (unpaired) electrons. The first-order valence-corrected chi connectivity index (χ1v) is 9.93. The van der Waals surface area contributed by atoms with E-state index >= 15 is 0 Å². The number of amides is 1. The number of rotatable bonds is 4. The Balaban J connectivity index is 1.36. The minimum absolute atomic E-state index is 0.0393. The third kappa shape index (κ3) is 3.69. The van der Waals surface area contributed by atoms with Gasteiger partial charge in [0.2, 0.25) is 0 Å². The van der Waals surface area contributed by atoms with Crippen molar-refractivity contribution in [2.45, 2.75) is 32.6 Å². The summed E-state index contributed by atoms with van der Waals surface area (Å²) in [4.78, 5) is 32.8. The van der Waals surface area contributed by atoms with Crippen LogP contribution in [0.25, 0.3) is 0 Å².